The fourth-order valence-electron chi connectivity index (χ4n) is 2.61. The highest BCUT2D eigenvalue weighted by atomic mass is 16.5. The molecule has 2 nitrogen and oxygen atoms in total. The van der Waals surface area contributed by atoms with Gasteiger partial charge in [0.1, 0.15) is 11.5 Å². The molecule has 1 aromatic rings. The van der Waals surface area contributed by atoms with E-state index < -0.39 is 0 Å². The van der Waals surface area contributed by atoms with Crippen LogP contribution in [0.2, 0.25) is 0 Å². The molecule has 0 fully saturated rings. The first-order chi connectivity index (χ1) is 11.8. The van der Waals surface area contributed by atoms with E-state index in [-0.39, 0.29) is 0 Å². The fourth-order valence-corrected chi connectivity index (χ4v) is 2.61. The fraction of sp³-hybridized carbons (Fsp3) is 0.636. The summed E-state index contributed by atoms with van der Waals surface area (Å²) in [5, 5.41) is 0. The SMILES string of the molecule is C#Cc1ccc(OCCCCCCC)cc1OCCCCCCC. The van der Waals surface area contributed by atoms with E-state index in [0.29, 0.717) is 0 Å². The van der Waals surface area contributed by atoms with E-state index in [1.54, 1.807) is 0 Å². The van der Waals surface area contributed by atoms with Crippen LogP contribution in [0.3, 0.4) is 0 Å². The third-order valence-corrected chi connectivity index (χ3v) is 4.13. The normalized spacial score (nSPS) is 10.4. The zero-order valence-corrected chi connectivity index (χ0v) is 15.6. The Labute approximate surface area is 148 Å². The van der Waals surface area contributed by atoms with Crippen molar-refractivity contribution in [3.05, 3.63) is 23.8 Å². The van der Waals surface area contributed by atoms with E-state index in [1.165, 1.54) is 51.4 Å². The molecule has 0 bridgehead atoms. The van der Waals surface area contributed by atoms with Gasteiger partial charge in [-0.15, -0.1) is 6.42 Å². The molecule has 0 N–H and O–H groups in total. The molecule has 134 valence electrons. The molecule has 0 aliphatic rings. The smallest absolute Gasteiger partial charge is 0.138 e. The number of terminal acetylenes is 1. The van der Waals surface area contributed by atoms with E-state index in [9.17, 15) is 0 Å². The Morgan fingerprint density at radius 1 is 0.792 bits per heavy atom. The number of ether oxygens (including phenoxy) is 2. The minimum atomic E-state index is 0.721. The Morgan fingerprint density at radius 2 is 1.38 bits per heavy atom. The molecule has 24 heavy (non-hydrogen) atoms. The van der Waals surface area contributed by atoms with Crippen molar-refractivity contribution < 1.29 is 9.47 Å². The third-order valence-electron chi connectivity index (χ3n) is 4.13. The average molecular weight is 331 g/mol. The van der Waals surface area contributed by atoms with Crippen molar-refractivity contribution in [2.75, 3.05) is 13.2 Å². The van der Waals surface area contributed by atoms with Gasteiger partial charge in [-0.2, -0.15) is 0 Å². The quantitative estimate of drug-likeness (QED) is 0.291. The van der Waals surface area contributed by atoms with Crippen molar-refractivity contribution in [2.45, 2.75) is 78.1 Å². The van der Waals surface area contributed by atoms with E-state index >= 15 is 0 Å². The molecule has 0 saturated heterocycles. The van der Waals surface area contributed by atoms with Crippen molar-refractivity contribution in [1.82, 2.24) is 0 Å². The van der Waals surface area contributed by atoms with Crippen LogP contribution in [-0.2, 0) is 0 Å². The van der Waals surface area contributed by atoms with Crippen molar-refractivity contribution in [1.29, 1.82) is 0 Å². The lowest BCUT2D eigenvalue weighted by Crippen LogP contribution is -2.01. The van der Waals surface area contributed by atoms with Crippen LogP contribution < -0.4 is 9.47 Å². The molecule has 0 amide bonds. The van der Waals surface area contributed by atoms with Gasteiger partial charge in [-0.1, -0.05) is 71.1 Å². The first kappa shape index (κ1) is 20.4. The summed E-state index contributed by atoms with van der Waals surface area (Å²) >= 11 is 0. The van der Waals surface area contributed by atoms with Gasteiger partial charge in [0.15, 0.2) is 0 Å². The Kier molecular flexibility index (Phi) is 11.7. The minimum Gasteiger partial charge on any atom is -0.493 e. The van der Waals surface area contributed by atoms with Gasteiger partial charge in [-0.25, -0.2) is 0 Å². The highest BCUT2D eigenvalue weighted by Gasteiger charge is 2.05. The number of unbranched alkanes of at least 4 members (excludes halogenated alkanes) is 8. The van der Waals surface area contributed by atoms with E-state index in [2.05, 4.69) is 19.8 Å². The molecule has 0 saturated carbocycles. The molecule has 2 heteroatoms. The Morgan fingerprint density at radius 3 is 1.96 bits per heavy atom. The summed E-state index contributed by atoms with van der Waals surface area (Å²) in [6.07, 6.45) is 17.9. The molecular weight excluding hydrogens is 296 g/mol. The van der Waals surface area contributed by atoms with E-state index in [4.69, 9.17) is 15.9 Å². The molecular formula is C22H34O2. The van der Waals surface area contributed by atoms with Gasteiger partial charge in [-0.05, 0) is 25.0 Å². The zero-order valence-electron chi connectivity index (χ0n) is 15.6. The van der Waals surface area contributed by atoms with Crippen molar-refractivity contribution in [3.8, 4) is 23.8 Å². The highest BCUT2D eigenvalue weighted by Crippen LogP contribution is 2.25. The van der Waals surface area contributed by atoms with Gasteiger partial charge in [0.25, 0.3) is 0 Å². The summed E-state index contributed by atoms with van der Waals surface area (Å²) in [6.45, 7) is 5.94. The largest absolute Gasteiger partial charge is 0.493 e. The van der Waals surface area contributed by atoms with Gasteiger partial charge >= 0.3 is 0 Å². The molecule has 0 spiro atoms. The maximum atomic E-state index is 5.89. The standard InChI is InChI=1S/C22H34O2/c1-4-7-9-11-13-17-23-21-16-15-20(6-3)22(19-21)24-18-14-12-10-8-5-2/h3,15-16,19H,4-5,7-14,17-18H2,1-2H3. The minimum absolute atomic E-state index is 0.721. The second-order valence-corrected chi connectivity index (χ2v) is 6.33. The molecule has 0 aromatic heterocycles. The summed E-state index contributed by atoms with van der Waals surface area (Å²) < 4.78 is 11.7. The lowest BCUT2D eigenvalue weighted by molar-refractivity contribution is 0.289. The van der Waals surface area contributed by atoms with Crippen molar-refractivity contribution >= 4 is 0 Å². The average Bonchev–Trinajstić information content (AvgIpc) is 2.61. The third kappa shape index (κ3) is 8.87. The number of benzene rings is 1. The molecule has 0 aliphatic carbocycles. The van der Waals surface area contributed by atoms with Crippen LogP contribution in [0.4, 0.5) is 0 Å². The summed E-state index contributed by atoms with van der Waals surface area (Å²) in [7, 11) is 0. The molecule has 0 unspecified atom stereocenters. The predicted octanol–water partition coefficient (Wildman–Crippen LogP) is 6.37. The van der Waals surface area contributed by atoms with Gasteiger partial charge in [0.05, 0.1) is 18.8 Å². The summed E-state index contributed by atoms with van der Waals surface area (Å²) in [4.78, 5) is 0. The second-order valence-electron chi connectivity index (χ2n) is 6.33. The van der Waals surface area contributed by atoms with Gasteiger partial charge < -0.3 is 9.47 Å². The maximum Gasteiger partial charge on any atom is 0.138 e. The summed E-state index contributed by atoms with van der Waals surface area (Å²) in [5.41, 5.74) is 0.804. The van der Waals surface area contributed by atoms with Crippen LogP contribution in [0.5, 0.6) is 11.5 Å². The van der Waals surface area contributed by atoms with E-state index in [0.717, 1.165) is 43.1 Å². The van der Waals surface area contributed by atoms with Crippen LogP contribution >= 0.6 is 0 Å². The van der Waals surface area contributed by atoms with Crippen LogP contribution in [-0.4, -0.2) is 13.2 Å². The Balaban J connectivity index is 2.36. The number of hydrogen-bond acceptors (Lipinski definition) is 2. The number of rotatable bonds is 14. The molecule has 1 aromatic carbocycles. The van der Waals surface area contributed by atoms with Crippen LogP contribution in [0.25, 0.3) is 0 Å². The Hall–Kier alpha value is -1.62. The lowest BCUT2D eigenvalue weighted by Gasteiger charge is -2.11. The summed E-state index contributed by atoms with van der Waals surface area (Å²) in [5.74, 6) is 4.32. The van der Waals surface area contributed by atoms with Crippen LogP contribution in [0.1, 0.15) is 83.6 Å². The van der Waals surface area contributed by atoms with Gasteiger partial charge in [0.2, 0.25) is 0 Å². The first-order valence-corrected chi connectivity index (χ1v) is 9.68. The van der Waals surface area contributed by atoms with Gasteiger partial charge in [-0.3, -0.25) is 0 Å². The topological polar surface area (TPSA) is 18.5 Å². The maximum absolute atomic E-state index is 5.89. The van der Waals surface area contributed by atoms with Crippen molar-refractivity contribution in [3.63, 3.8) is 0 Å². The van der Waals surface area contributed by atoms with Crippen LogP contribution in [0, 0.1) is 12.3 Å². The van der Waals surface area contributed by atoms with Crippen LogP contribution in [0.15, 0.2) is 18.2 Å². The number of hydrogen-bond donors (Lipinski definition) is 0. The molecule has 0 radical (unpaired) electrons. The van der Waals surface area contributed by atoms with Crippen molar-refractivity contribution in [2.24, 2.45) is 0 Å². The second kappa shape index (κ2) is 13.8. The molecule has 1 rings (SSSR count). The molecule has 0 atom stereocenters. The van der Waals surface area contributed by atoms with Gasteiger partial charge in [0, 0.05) is 6.07 Å². The molecule has 0 heterocycles. The zero-order chi connectivity index (χ0) is 17.5. The molecule has 0 aliphatic heterocycles. The monoisotopic (exact) mass is 330 g/mol. The lowest BCUT2D eigenvalue weighted by atomic mass is 10.1. The predicted molar refractivity (Wildman–Crippen MR) is 103 cm³/mol. The van der Waals surface area contributed by atoms with E-state index in [1.807, 2.05) is 18.2 Å². The summed E-state index contributed by atoms with van der Waals surface area (Å²) in [6, 6.07) is 5.79. The highest BCUT2D eigenvalue weighted by molar-refractivity contribution is 5.48. The first-order valence-electron chi connectivity index (χ1n) is 9.68. The Bertz CT molecular complexity index is 473.